The Labute approximate surface area is 239 Å². The van der Waals surface area contributed by atoms with E-state index in [1.54, 1.807) is 21.8 Å². The summed E-state index contributed by atoms with van der Waals surface area (Å²) in [6.07, 6.45) is 11.7. The van der Waals surface area contributed by atoms with Crippen molar-refractivity contribution in [3.05, 3.63) is 39.6 Å². The molecule has 1 aromatic carbocycles. The van der Waals surface area contributed by atoms with Crippen LogP contribution in [0.5, 0.6) is 0 Å². The van der Waals surface area contributed by atoms with Crippen LogP contribution in [0.3, 0.4) is 0 Å². The molecular formula is C28H38Cl2N6O3. The number of nitrogens with one attached hydrogen (secondary N) is 2. The predicted molar refractivity (Wildman–Crippen MR) is 155 cm³/mol. The van der Waals surface area contributed by atoms with Gasteiger partial charge < -0.3 is 26.0 Å². The highest BCUT2D eigenvalue weighted by molar-refractivity contribution is 6.45. The quantitative estimate of drug-likeness (QED) is 0.211. The van der Waals surface area contributed by atoms with Crippen LogP contribution in [0.25, 0.3) is 22.2 Å². The lowest BCUT2D eigenvalue weighted by Gasteiger charge is -2.26. The fraction of sp³-hybridized carbons (Fsp3) is 0.536. The number of hydrogen-bond acceptors (Lipinski definition) is 5. The van der Waals surface area contributed by atoms with Crippen LogP contribution in [0.4, 0.5) is 0 Å². The summed E-state index contributed by atoms with van der Waals surface area (Å²) < 4.78 is 1.61. The van der Waals surface area contributed by atoms with Gasteiger partial charge in [0.15, 0.2) is 0 Å². The van der Waals surface area contributed by atoms with Gasteiger partial charge in [0.25, 0.3) is 0 Å². The lowest BCUT2D eigenvalue weighted by Crippen LogP contribution is -2.37. The van der Waals surface area contributed by atoms with Gasteiger partial charge in [-0.15, -0.1) is 0 Å². The highest BCUT2D eigenvalue weighted by Crippen LogP contribution is 2.41. The molecule has 3 aromatic rings. The summed E-state index contributed by atoms with van der Waals surface area (Å²) in [7, 11) is 0. The molecule has 11 heteroatoms. The number of carbonyl (C=O) groups excluding carboxylic acids is 2. The van der Waals surface area contributed by atoms with Crippen molar-refractivity contribution in [2.24, 2.45) is 5.73 Å². The van der Waals surface area contributed by atoms with Crippen LogP contribution in [-0.4, -0.2) is 62.8 Å². The molecule has 2 amide bonds. The molecule has 39 heavy (non-hydrogen) atoms. The van der Waals surface area contributed by atoms with Crippen molar-refractivity contribution in [3.8, 4) is 11.3 Å². The Morgan fingerprint density at radius 1 is 1.10 bits per heavy atom. The minimum atomic E-state index is -0.529. The number of aromatic amines is 1. The lowest BCUT2D eigenvalue weighted by atomic mass is 9.99. The van der Waals surface area contributed by atoms with Crippen molar-refractivity contribution in [2.75, 3.05) is 26.2 Å². The van der Waals surface area contributed by atoms with E-state index in [1.807, 2.05) is 6.07 Å². The molecule has 9 nitrogen and oxygen atoms in total. The Balaban J connectivity index is 1.37. The number of hydrogen-bond donors (Lipinski definition) is 4. The maximum Gasteiger partial charge on any atom is 0.248 e. The fourth-order valence-electron chi connectivity index (χ4n) is 5.21. The maximum atomic E-state index is 12.5. The zero-order valence-electron chi connectivity index (χ0n) is 22.3. The number of carbonyl (C=O) groups is 2. The van der Waals surface area contributed by atoms with E-state index in [2.05, 4.69) is 15.4 Å². The minimum Gasteiger partial charge on any atom is -0.387 e. The van der Waals surface area contributed by atoms with E-state index in [-0.39, 0.29) is 18.4 Å². The molecule has 212 valence electrons. The van der Waals surface area contributed by atoms with Crippen LogP contribution in [0.2, 0.25) is 10.0 Å². The number of aliphatic hydroxyl groups excluding tert-OH is 1. The summed E-state index contributed by atoms with van der Waals surface area (Å²) in [6.45, 7) is 1.90. The summed E-state index contributed by atoms with van der Waals surface area (Å²) in [5, 5.41) is 18.6. The van der Waals surface area contributed by atoms with Gasteiger partial charge in [0.1, 0.15) is 13.2 Å². The summed E-state index contributed by atoms with van der Waals surface area (Å²) in [6, 6.07) is 3.62. The first-order chi connectivity index (χ1) is 18.9. The molecule has 0 bridgehead atoms. The standard InChI is InChI=1S/C28H38Cl2N6O3/c29-21-15-19(26-20-16-35(25(39)18-37)13-9-22(20)33-28(26)27(21)30)23-10-14-36(34-23)17-24(38)32-12-8-6-4-2-1-3-5-7-11-31/h10,14-15,33,37H,1-9,11-13,16-18,31H2,(H,32,38). The molecule has 0 unspecified atom stereocenters. The third kappa shape index (κ3) is 7.33. The minimum absolute atomic E-state index is 0.0806. The zero-order chi connectivity index (χ0) is 27.8. The Kier molecular flexibility index (Phi) is 10.7. The van der Waals surface area contributed by atoms with Gasteiger partial charge in [0.2, 0.25) is 11.8 Å². The third-order valence-electron chi connectivity index (χ3n) is 7.31. The number of halogens is 2. The van der Waals surface area contributed by atoms with Gasteiger partial charge in [0.05, 0.1) is 21.3 Å². The highest BCUT2D eigenvalue weighted by Gasteiger charge is 2.27. The van der Waals surface area contributed by atoms with Gasteiger partial charge in [-0.25, -0.2) is 0 Å². The number of nitrogens with zero attached hydrogens (tertiary/aromatic N) is 3. The van der Waals surface area contributed by atoms with E-state index in [0.717, 1.165) is 48.0 Å². The van der Waals surface area contributed by atoms with Gasteiger partial charge in [-0.2, -0.15) is 5.10 Å². The summed E-state index contributed by atoms with van der Waals surface area (Å²) in [4.78, 5) is 29.7. The van der Waals surface area contributed by atoms with Gasteiger partial charge in [0, 0.05) is 54.5 Å². The summed E-state index contributed by atoms with van der Waals surface area (Å²) in [5.41, 5.74) is 9.58. The van der Waals surface area contributed by atoms with Crippen molar-refractivity contribution in [1.82, 2.24) is 25.0 Å². The fourth-order valence-corrected chi connectivity index (χ4v) is 5.61. The number of unbranched alkanes of at least 4 members (excludes halogenated alkanes) is 7. The molecule has 0 radical (unpaired) electrons. The molecule has 0 aliphatic carbocycles. The average Bonchev–Trinajstić information content (AvgIpc) is 3.56. The first-order valence-electron chi connectivity index (χ1n) is 13.8. The van der Waals surface area contributed by atoms with Crippen molar-refractivity contribution >= 4 is 45.9 Å². The van der Waals surface area contributed by atoms with Crippen LogP contribution < -0.4 is 11.1 Å². The number of nitrogens with two attached hydrogens (primary N) is 1. The smallest absolute Gasteiger partial charge is 0.248 e. The second-order valence-electron chi connectivity index (χ2n) is 10.1. The molecule has 0 saturated heterocycles. The van der Waals surface area contributed by atoms with E-state index in [4.69, 9.17) is 28.9 Å². The second kappa shape index (κ2) is 14.2. The Morgan fingerprint density at radius 3 is 2.54 bits per heavy atom. The second-order valence-corrected chi connectivity index (χ2v) is 10.9. The average molecular weight is 578 g/mol. The Hall–Kier alpha value is -2.59. The molecule has 2 aromatic heterocycles. The number of fused-ring (bicyclic) bond motifs is 3. The number of H-pyrrole nitrogens is 1. The molecule has 3 heterocycles. The molecule has 0 atom stereocenters. The summed E-state index contributed by atoms with van der Waals surface area (Å²) in [5.74, 6) is -0.395. The molecule has 0 spiro atoms. The summed E-state index contributed by atoms with van der Waals surface area (Å²) >= 11 is 13.0. The number of aromatic nitrogens is 3. The van der Waals surface area contributed by atoms with Crippen LogP contribution in [0.1, 0.15) is 62.6 Å². The zero-order valence-corrected chi connectivity index (χ0v) is 23.8. The molecule has 0 fully saturated rings. The molecular weight excluding hydrogens is 539 g/mol. The van der Waals surface area contributed by atoms with E-state index in [1.165, 1.54) is 32.1 Å². The van der Waals surface area contributed by atoms with E-state index >= 15 is 0 Å². The topological polar surface area (TPSA) is 129 Å². The van der Waals surface area contributed by atoms with Crippen molar-refractivity contribution in [2.45, 2.75) is 70.9 Å². The van der Waals surface area contributed by atoms with E-state index in [0.29, 0.717) is 47.3 Å². The predicted octanol–water partition coefficient (Wildman–Crippen LogP) is 4.41. The first-order valence-corrected chi connectivity index (χ1v) is 14.6. The van der Waals surface area contributed by atoms with Crippen molar-refractivity contribution in [3.63, 3.8) is 0 Å². The first kappa shape index (κ1) is 29.4. The number of benzene rings is 1. The van der Waals surface area contributed by atoms with Crippen LogP contribution in [0, 0.1) is 0 Å². The van der Waals surface area contributed by atoms with Crippen molar-refractivity contribution in [1.29, 1.82) is 0 Å². The van der Waals surface area contributed by atoms with E-state index in [9.17, 15) is 14.7 Å². The normalized spacial score (nSPS) is 13.2. The van der Waals surface area contributed by atoms with Crippen molar-refractivity contribution < 1.29 is 14.7 Å². The molecule has 0 saturated carbocycles. The molecule has 1 aliphatic heterocycles. The monoisotopic (exact) mass is 576 g/mol. The molecule has 1 aliphatic rings. The van der Waals surface area contributed by atoms with Gasteiger partial charge >= 0.3 is 0 Å². The number of aliphatic hydroxyl groups is 1. The van der Waals surface area contributed by atoms with Crippen LogP contribution >= 0.6 is 23.2 Å². The molecule has 5 N–H and O–H groups in total. The number of amides is 2. The largest absolute Gasteiger partial charge is 0.387 e. The van der Waals surface area contributed by atoms with E-state index < -0.39 is 6.61 Å². The molecule has 4 rings (SSSR count). The van der Waals surface area contributed by atoms with Gasteiger partial charge in [-0.3, -0.25) is 14.3 Å². The third-order valence-corrected chi connectivity index (χ3v) is 8.09. The van der Waals surface area contributed by atoms with Crippen LogP contribution in [-0.2, 0) is 29.1 Å². The SMILES string of the molecule is NCCCCCCCCCCNC(=O)Cn1ccc(-c2cc(Cl)c(Cl)c3[nH]c4c(c23)CN(C(=O)CO)CC4)n1. The Bertz CT molecular complexity index is 1290. The highest BCUT2D eigenvalue weighted by atomic mass is 35.5. The maximum absolute atomic E-state index is 12.5. The van der Waals surface area contributed by atoms with Gasteiger partial charge in [-0.1, -0.05) is 61.7 Å². The van der Waals surface area contributed by atoms with Gasteiger partial charge in [-0.05, 0) is 31.5 Å². The lowest BCUT2D eigenvalue weighted by molar-refractivity contribution is -0.135. The Morgan fingerprint density at radius 2 is 1.82 bits per heavy atom. The number of rotatable bonds is 14. The van der Waals surface area contributed by atoms with Crippen LogP contribution in [0.15, 0.2) is 18.3 Å².